The Bertz CT molecular complexity index is 4550. The Labute approximate surface area is 738 Å². The number of ether oxygens (including phenoxy) is 1. The fourth-order valence-electron chi connectivity index (χ4n) is 9.56. The van der Waals surface area contributed by atoms with Gasteiger partial charge < -0.3 is 63.4 Å². The quantitative estimate of drug-likeness (QED) is 0.0447. The van der Waals surface area contributed by atoms with E-state index in [9.17, 15) is 31.9 Å². The molecule has 7 aromatic carbocycles. The number of benzene rings is 7. The number of hydrogen-bond acceptors (Lipinski definition) is 16. The van der Waals surface area contributed by atoms with E-state index < -0.39 is 29.2 Å². The van der Waals surface area contributed by atoms with Gasteiger partial charge in [0, 0.05) is 262 Å². The number of nitrogens with zero attached hydrogens (tertiary/aromatic N) is 13. The summed E-state index contributed by atoms with van der Waals surface area (Å²) < 4.78 is 62.8. The first-order chi connectivity index (χ1) is 51.4. The van der Waals surface area contributed by atoms with Crippen LogP contribution in [-0.2, 0) is 151 Å². The molecule has 20 nitrogen and oxygen atoms in total. The van der Waals surface area contributed by atoms with Gasteiger partial charge in [-0.05, 0) is 85.1 Å². The van der Waals surface area contributed by atoms with Crippen molar-refractivity contribution in [3.63, 3.8) is 0 Å². The first-order valence-electron chi connectivity index (χ1n) is 33.3. The predicted octanol–water partition coefficient (Wildman–Crippen LogP) is 14.1. The average molecular weight is 2600 g/mol. The average Bonchev–Trinajstić information content (AvgIpc) is 1.78. The van der Waals surface area contributed by atoms with Crippen molar-refractivity contribution in [2.75, 3.05) is 67.5 Å². The molecule has 0 saturated heterocycles. The van der Waals surface area contributed by atoms with Crippen molar-refractivity contribution in [1.29, 1.82) is 0 Å². The van der Waals surface area contributed by atoms with Crippen LogP contribution in [0.5, 0.6) is 5.75 Å². The number of hydrogen-bond donors (Lipinski definition) is 3. The van der Waals surface area contributed by atoms with Crippen LogP contribution in [0.1, 0.15) is 60.4 Å². The van der Waals surface area contributed by atoms with Gasteiger partial charge in [0.15, 0.2) is 11.6 Å². The molecule has 3 aliphatic rings. The van der Waals surface area contributed by atoms with Crippen LogP contribution < -0.4 is 4.74 Å². The maximum Gasteiger partial charge on any atom is 0.354 e. The summed E-state index contributed by atoms with van der Waals surface area (Å²) in [5, 5.41) is 25.0. The number of carboxylic acid groups (broad SMARTS) is 1. The number of aliphatic imine (C=N–C) groups is 3. The number of pyridine rings is 1. The predicted molar refractivity (Wildman–Crippen MR) is 407 cm³/mol. The molecule has 0 bridgehead atoms. The third kappa shape index (κ3) is 38.2. The van der Waals surface area contributed by atoms with Gasteiger partial charge in [0.05, 0.1) is 37.6 Å². The number of imidazole rings is 3. The largest absolute Gasteiger partial charge is 0.540 e. The summed E-state index contributed by atoms with van der Waals surface area (Å²) in [5.74, 6) is -0.641. The minimum atomic E-state index is -0.990. The Balaban J connectivity index is 0.00000126. The molecule has 30 heteroatoms. The second-order valence-corrected chi connectivity index (χ2v) is 23.5. The van der Waals surface area contributed by atoms with Crippen molar-refractivity contribution in [2.24, 2.45) is 29.1 Å². The van der Waals surface area contributed by atoms with Crippen LogP contribution in [0.25, 0.3) is 33.8 Å². The minimum Gasteiger partial charge on any atom is -0.540 e. The summed E-state index contributed by atoms with van der Waals surface area (Å²) in [5.41, 5.74) is 8.89. The molecule has 0 saturated carbocycles. The second-order valence-electron chi connectivity index (χ2n) is 23.5. The number of allylic oxidation sites excluding steroid dienone is 4. The number of aliphatic hydroxyl groups excluding tert-OH is 2. The van der Waals surface area contributed by atoms with Crippen LogP contribution in [0.3, 0.4) is 0 Å². The van der Waals surface area contributed by atoms with E-state index in [-0.39, 0.29) is 161 Å². The molecular formula is C83H83F4Ir6N13O7-6. The minimum absolute atomic E-state index is 0. The Morgan fingerprint density at radius 2 is 0.867 bits per heavy atom. The fraction of sp³-hybridized carbons (Fsp3) is 0.205. The van der Waals surface area contributed by atoms with Gasteiger partial charge in [-0.25, -0.2) is 9.78 Å². The Kier molecular flexibility index (Phi) is 51.8. The summed E-state index contributed by atoms with van der Waals surface area (Å²) in [6.45, 7) is 11.2. The van der Waals surface area contributed by atoms with Crippen LogP contribution >= 0.6 is 0 Å². The number of amidine groups is 3. The van der Waals surface area contributed by atoms with E-state index in [1.54, 1.807) is 31.9 Å². The van der Waals surface area contributed by atoms with Gasteiger partial charge in [-0.3, -0.25) is 42.1 Å². The molecule has 0 spiro atoms. The molecule has 7 heterocycles. The van der Waals surface area contributed by atoms with E-state index in [2.05, 4.69) is 111 Å². The number of halogens is 4. The van der Waals surface area contributed by atoms with Crippen molar-refractivity contribution in [3.8, 4) is 39.5 Å². The molecule has 0 amide bonds. The molecular weight excluding hydrogens is 2520 g/mol. The molecule has 3 N–H and O–H groups in total. The summed E-state index contributed by atoms with van der Waals surface area (Å²) in [6, 6.07) is 66.1. The molecule has 11 aromatic rings. The van der Waals surface area contributed by atoms with Crippen LogP contribution in [0, 0.1) is 59.7 Å². The number of carbonyl (C=O) groups is 3. The van der Waals surface area contributed by atoms with Gasteiger partial charge >= 0.3 is 5.97 Å². The van der Waals surface area contributed by atoms with Crippen LogP contribution in [-0.4, -0.2) is 166 Å². The van der Waals surface area contributed by atoms with E-state index in [0.29, 0.717) is 24.8 Å². The van der Waals surface area contributed by atoms with Gasteiger partial charge in [-0.2, -0.15) is 0 Å². The molecule has 0 unspecified atom stereocenters. The number of aromatic carboxylic acids is 1. The number of rotatable bonds is 12. The van der Waals surface area contributed by atoms with Crippen molar-refractivity contribution in [2.45, 2.75) is 34.2 Å². The van der Waals surface area contributed by atoms with Gasteiger partial charge in [0.2, 0.25) is 0 Å². The zero-order valence-corrected chi connectivity index (χ0v) is 77.4. The van der Waals surface area contributed by atoms with Gasteiger partial charge in [-0.1, -0.05) is 59.7 Å². The maximum absolute atomic E-state index is 13.3. The number of aryl methyl sites for hydroxylation is 2. The number of carbonyl (C=O) groups excluding carboxylic acids is 2. The molecule has 4 aromatic heterocycles. The number of aliphatic hydroxyl groups is 2. The molecule has 3 aliphatic heterocycles. The zero-order valence-electron chi connectivity index (χ0n) is 63.0. The van der Waals surface area contributed by atoms with E-state index in [1.807, 2.05) is 170 Å². The number of ketones is 2. The molecule has 113 heavy (non-hydrogen) atoms. The summed E-state index contributed by atoms with van der Waals surface area (Å²) in [4.78, 5) is 65.1. The second kappa shape index (κ2) is 56.3. The van der Waals surface area contributed by atoms with Gasteiger partial charge in [-0.15, -0.1) is 162 Å². The van der Waals surface area contributed by atoms with Gasteiger partial charge in [0.1, 0.15) is 5.69 Å². The smallest absolute Gasteiger partial charge is 0.354 e. The first kappa shape index (κ1) is 104. The molecule has 0 atom stereocenters. The normalized spacial score (nSPS) is 11.8. The zero-order chi connectivity index (χ0) is 77.6. The maximum atomic E-state index is 13.3. The Morgan fingerprint density at radius 3 is 1.17 bits per heavy atom. The van der Waals surface area contributed by atoms with Crippen LogP contribution in [0.15, 0.2) is 246 Å². The van der Waals surface area contributed by atoms with E-state index in [0.717, 1.165) is 108 Å². The molecule has 0 fully saturated rings. The Hall–Kier alpha value is -8.96. The topological polar surface area (TPSA) is 234 Å². The SMILES string of the molecule is CC(=O)C=C(C)O.CC(=O)C=C(C)O.CN1CCN=C1c1[c-]cc(F)cc1F.CN1CCN=C1c1[c-]cc(F)cc1F.COc1c[c-]c(C2=NCCN2C)cc1.Cn1cnc(-c2[c-]cccc2)c1.Cn1cnc(-c2[c-]cccc2)c1.O=C(O)c1ccccn1.[Ir].[Ir].[Ir].[Ir].[Ir].[Ir].[c-]1ccccc1-c1cn(Cc2ccccc2)cn1. The van der Waals surface area contributed by atoms with E-state index in [4.69, 9.17) is 20.1 Å². The van der Waals surface area contributed by atoms with Crippen molar-refractivity contribution in [3.05, 3.63) is 319 Å². The number of likely N-dealkylation sites (N-methyl/N-ethyl adjacent to an activating group) is 3. The van der Waals surface area contributed by atoms with Crippen molar-refractivity contribution < 1.29 is 173 Å². The van der Waals surface area contributed by atoms with E-state index >= 15 is 0 Å². The number of aromatic nitrogens is 7. The van der Waals surface area contributed by atoms with Crippen molar-refractivity contribution in [1.82, 2.24) is 48.3 Å². The molecule has 0 aliphatic carbocycles. The number of methoxy groups -OCH3 is 1. The summed E-state index contributed by atoms with van der Waals surface area (Å²) >= 11 is 0. The van der Waals surface area contributed by atoms with E-state index in [1.165, 1.54) is 57.7 Å². The number of carboxylic acids is 1. The standard InChI is InChI=1S/C16H13N2.C11H13N2O.2C10H9F2N2.2C10H9N2.C6H5NO2.2C5H8O2.6Ir/c1-3-7-14(8-4-1)11-18-12-16(17-13-18)15-9-5-2-6-10-15;1-13-8-7-12-11(13)9-3-5-10(14-2)6-4-9;2*1-14-5-4-13-10(14)8-3-2-7(11)6-9(8)12;2*1-12-7-10(11-8-12)9-5-3-2-4-6-9;8-6(9)5-3-1-2-4-7-5;2*1-4(6)3-5(2)7;;;;;;/h1-9,12-13H,11H2;3,5-6H,7-8H2,1-2H3;2*2,6H,4-5H2,1H3;2*2-5,7-8H,1H3;1-4H,(H,8,9);2*3,6H,1-2H3;;;;;;/q6*-1;;;;;;;;;. The summed E-state index contributed by atoms with van der Waals surface area (Å²) in [6.07, 6.45) is 15.2. The van der Waals surface area contributed by atoms with Gasteiger partial charge in [0.25, 0.3) is 0 Å². The third-order valence-electron chi connectivity index (χ3n) is 14.5. The van der Waals surface area contributed by atoms with Crippen LogP contribution in [0.4, 0.5) is 17.6 Å². The summed E-state index contributed by atoms with van der Waals surface area (Å²) in [7, 11) is 11.3. The van der Waals surface area contributed by atoms with Crippen LogP contribution in [0.2, 0.25) is 0 Å². The molecule has 14 rings (SSSR count). The molecule has 610 valence electrons. The third-order valence-corrected chi connectivity index (χ3v) is 14.5. The fourth-order valence-corrected chi connectivity index (χ4v) is 9.56. The first-order valence-corrected chi connectivity index (χ1v) is 33.3. The monoisotopic (exact) mass is 2610 g/mol. The Morgan fingerprint density at radius 1 is 0.460 bits per heavy atom. The van der Waals surface area contributed by atoms with Crippen molar-refractivity contribution >= 4 is 35.0 Å². The molecule has 6 radical (unpaired) electrons.